The lowest BCUT2D eigenvalue weighted by Gasteiger charge is -2.32. The van der Waals surface area contributed by atoms with Crippen LogP contribution in [0.3, 0.4) is 0 Å². The van der Waals surface area contributed by atoms with Crippen molar-refractivity contribution < 1.29 is 23.2 Å². The first-order valence-corrected chi connectivity index (χ1v) is 9.51. The van der Waals surface area contributed by atoms with E-state index >= 15 is 0 Å². The van der Waals surface area contributed by atoms with Crippen LogP contribution in [0.1, 0.15) is 52.5 Å². The zero-order valence-corrected chi connectivity index (χ0v) is 16.6. The van der Waals surface area contributed by atoms with Crippen molar-refractivity contribution in [1.82, 2.24) is 0 Å². The highest BCUT2D eigenvalue weighted by atomic mass is 19.1. The number of ether oxygens (including phenoxy) is 1. The Balaban J connectivity index is 1.65. The Labute approximate surface area is 161 Å². The summed E-state index contributed by atoms with van der Waals surface area (Å²) in [7, 11) is -0.437. The van der Waals surface area contributed by atoms with Crippen molar-refractivity contribution in [2.24, 2.45) is 5.41 Å². The van der Waals surface area contributed by atoms with Gasteiger partial charge in [0.2, 0.25) is 0 Å². The number of benzene rings is 1. The van der Waals surface area contributed by atoms with Crippen LogP contribution in [0.25, 0.3) is 0 Å². The topological polar surface area (TPSA) is 44.8 Å². The highest BCUT2D eigenvalue weighted by Gasteiger charge is 2.53. The van der Waals surface area contributed by atoms with Crippen LogP contribution in [0, 0.1) is 5.41 Å². The van der Waals surface area contributed by atoms with Gasteiger partial charge in [0.1, 0.15) is 13.3 Å². The average molecular weight is 374 g/mol. The molecule has 0 aromatic heterocycles. The standard InChI is InChI=1S/C21H28BFO4/c1-19(2)20(3,4)27-22(26-19)17-10-12-21(15-23,13-11-17)18(24)25-14-16-8-6-5-7-9-16/h5-10H,11-15H2,1-4H3. The molecule has 1 atom stereocenters. The van der Waals surface area contributed by atoms with Crippen molar-refractivity contribution in [1.29, 1.82) is 0 Å². The Morgan fingerprint density at radius 1 is 1.15 bits per heavy atom. The fourth-order valence-corrected chi connectivity index (χ4v) is 3.36. The number of alkyl halides is 1. The minimum Gasteiger partial charge on any atom is -0.460 e. The fourth-order valence-electron chi connectivity index (χ4n) is 3.36. The molecule has 146 valence electrons. The van der Waals surface area contributed by atoms with Crippen molar-refractivity contribution in [3.05, 3.63) is 47.4 Å². The summed E-state index contributed by atoms with van der Waals surface area (Å²) in [5.41, 5.74) is -0.0662. The molecule has 1 aliphatic heterocycles. The molecule has 0 N–H and O–H groups in total. The molecule has 0 radical (unpaired) electrons. The number of halogens is 1. The van der Waals surface area contributed by atoms with Gasteiger partial charge in [-0.1, -0.05) is 36.4 Å². The number of hydrogen-bond donors (Lipinski definition) is 0. The summed E-state index contributed by atoms with van der Waals surface area (Å²) < 4.78 is 31.4. The molecule has 1 aromatic carbocycles. The molecule has 1 fully saturated rings. The van der Waals surface area contributed by atoms with E-state index in [-0.39, 0.29) is 6.61 Å². The summed E-state index contributed by atoms with van der Waals surface area (Å²) >= 11 is 0. The van der Waals surface area contributed by atoms with Crippen LogP contribution in [0.15, 0.2) is 41.9 Å². The number of carbonyl (C=O) groups is 1. The maximum atomic E-state index is 13.9. The molecule has 0 saturated carbocycles. The van der Waals surface area contributed by atoms with Crippen LogP contribution in [0.2, 0.25) is 0 Å². The predicted molar refractivity (Wildman–Crippen MR) is 103 cm³/mol. The van der Waals surface area contributed by atoms with Crippen LogP contribution in [0.4, 0.5) is 4.39 Å². The van der Waals surface area contributed by atoms with Crippen molar-refractivity contribution in [3.8, 4) is 0 Å². The van der Waals surface area contributed by atoms with Gasteiger partial charge in [0.15, 0.2) is 0 Å². The zero-order valence-electron chi connectivity index (χ0n) is 16.6. The third-order valence-corrected chi connectivity index (χ3v) is 6.10. The van der Waals surface area contributed by atoms with Crippen LogP contribution in [0.5, 0.6) is 0 Å². The zero-order chi connectivity index (χ0) is 19.7. The highest BCUT2D eigenvalue weighted by molar-refractivity contribution is 6.54. The fraction of sp³-hybridized carbons (Fsp3) is 0.571. The molecule has 2 aliphatic rings. The lowest BCUT2D eigenvalue weighted by Crippen LogP contribution is -2.41. The SMILES string of the molecule is CC1(C)OB(C2=CCC(CF)(C(=O)OCc3ccccc3)CC2)OC1(C)C. The van der Waals surface area contributed by atoms with Crippen LogP contribution in [-0.2, 0) is 25.4 Å². The van der Waals surface area contributed by atoms with Crippen molar-refractivity contribution in [2.75, 3.05) is 6.67 Å². The van der Waals surface area contributed by atoms with Crippen molar-refractivity contribution in [3.63, 3.8) is 0 Å². The van der Waals surface area contributed by atoms with Crippen LogP contribution < -0.4 is 0 Å². The summed E-state index contributed by atoms with van der Waals surface area (Å²) in [6, 6.07) is 9.43. The van der Waals surface area contributed by atoms with E-state index < -0.39 is 36.4 Å². The van der Waals surface area contributed by atoms with Gasteiger partial charge in [-0.25, -0.2) is 4.39 Å². The van der Waals surface area contributed by atoms with Gasteiger partial charge >= 0.3 is 13.1 Å². The van der Waals surface area contributed by atoms with E-state index in [1.54, 1.807) is 0 Å². The van der Waals surface area contributed by atoms with Gasteiger partial charge in [0.05, 0.1) is 16.6 Å². The Morgan fingerprint density at radius 2 is 1.78 bits per heavy atom. The third-order valence-electron chi connectivity index (χ3n) is 6.10. The second kappa shape index (κ2) is 7.40. The first-order valence-electron chi connectivity index (χ1n) is 9.51. The molecule has 0 bridgehead atoms. The van der Waals surface area contributed by atoms with Crippen LogP contribution in [-0.4, -0.2) is 31.0 Å². The van der Waals surface area contributed by atoms with Gasteiger partial charge < -0.3 is 14.0 Å². The molecule has 1 aliphatic carbocycles. The molecular weight excluding hydrogens is 346 g/mol. The Kier molecular flexibility index (Phi) is 5.51. The quantitative estimate of drug-likeness (QED) is 0.565. The van der Waals surface area contributed by atoms with Crippen molar-refractivity contribution >= 4 is 13.1 Å². The Bertz CT molecular complexity index is 700. The van der Waals surface area contributed by atoms with E-state index in [0.29, 0.717) is 19.3 Å². The smallest absolute Gasteiger partial charge is 0.460 e. The van der Waals surface area contributed by atoms with E-state index in [9.17, 15) is 9.18 Å². The minimum atomic E-state index is -1.11. The maximum absolute atomic E-state index is 13.9. The first-order chi connectivity index (χ1) is 12.7. The summed E-state index contributed by atoms with van der Waals surface area (Å²) in [5, 5.41) is 0. The number of rotatable bonds is 5. The molecule has 1 aromatic rings. The molecule has 1 saturated heterocycles. The molecule has 6 heteroatoms. The Hall–Kier alpha value is -1.66. The first kappa shape index (κ1) is 20.1. The number of allylic oxidation sites excluding steroid dienone is 2. The molecule has 4 nitrogen and oxygen atoms in total. The monoisotopic (exact) mass is 374 g/mol. The van der Waals surface area contributed by atoms with Gasteiger partial charge in [-0.05, 0) is 58.0 Å². The summed E-state index contributed by atoms with van der Waals surface area (Å²) in [6.45, 7) is 7.45. The molecule has 3 rings (SSSR count). The van der Waals surface area contributed by atoms with Gasteiger partial charge in [0, 0.05) is 0 Å². The number of hydrogen-bond acceptors (Lipinski definition) is 4. The van der Waals surface area contributed by atoms with Gasteiger partial charge in [-0.3, -0.25) is 4.79 Å². The van der Waals surface area contributed by atoms with E-state index in [1.165, 1.54) is 0 Å². The predicted octanol–water partition coefficient (Wildman–Crippen LogP) is 4.43. The Morgan fingerprint density at radius 3 is 2.30 bits per heavy atom. The second-order valence-corrected chi connectivity index (χ2v) is 8.55. The van der Waals surface area contributed by atoms with E-state index in [0.717, 1.165) is 11.0 Å². The van der Waals surface area contributed by atoms with E-state index in [4.69, 9.17) is 14.0 Å². The number of esters is 1. The molecule has 27 heavy (non-hydrogen) atoms. The van der Waals surface area contributed by atoms with E-state index in [1.807, 2.05) is 64.1 Å². The summed E-state index contributed by atoms with van der Waals surface area (Å²) in [5.74, 6) is -0.474. The lowest BCUT2D eigenvalue weighted by atomic mass is 9.66. The van der Waals surface area contributed by atoms with Gasteiger partial charge in [-0.15, -0.1) is 0 Å². The van der Waals surface area contributed by atoms with E-state index in [2.05, 4.69) is 0 Å². The molecule has 0 spiro atoms. The highest BCUT2D eigenvalue weighted by Crippen LogP contribution is 2.43. The third kappa shape index (κ3) is 3.97. The second-order valence-electron chi connectivity index (χ2n) is 8.55. The summed E-state index contributed by atoms with van der Waals surface area (Å²) in [6.07, 6.45) is 3.15. The van der Waals surface area contributed by atoms with Gasteiger partial charge in [0.25, 0.3) is 0 Å². The lowest BCUT2D eigenvalue weighted by molar-refractivity contribution is -0.159. The average Bonchev–Trinajstić information content (AvgIpc) is 2.88. The van der Waals surface area contributed by atoms with Crippen LogP contribution >= 0.6 is 0 Å². The van der Waals surface area contributed by atoms with Gasteiger partial charge in [-0.2, -0.15) is 0 Å². The van der Waals surface area contributed by atoms with Crippen molar-refractivity contribution in [2.45, 2.75) is 64.8 Å². The summed E-state index contributed by atoms with van der Waals surface area (Å²) in [4.78, 5) is 12.6. The maximum Gasteiger partial charge on any atom is 0.490 e. The molecule has 0 amide bonds. The minimum absolute atomic E-state index is 0.162. The number of carbonyl (C=O) groups excluding carboxylic acids is 1. The largest absolute Gasteiger partial charge is 0.490 e. The molecular formula is C21H28BFO4. The molecule has 1 unspecified atom stereocenters. The normalized spacial score (nSPS) is 26.6. The molecule has 1 heterocycles.